The highest BCUT2D eigenvalue weighted by Gasteiger charge is 2.15. The Morgan fingerprint density at radius 2 is 2.00 bits per heavy atom. The van der Waals surface area contributed by atoms with Crippen LogP contribution in [-0.2, 0) is 16.0 Å². The zero-order valence-corrected chi connectivity index (χ0v) is 13.3. The number of carboxylic acid groups (broad SMARTS) is 1. The van der Waals surface area contributed by atoms with Gasteiger partial charge in [-0.25, -0.2) is 4.99 Å². The number of aliphatic imine (C=N–C) groups is 1. The highest BCUT2D eigenvalue weighted by atomic mass is 16.4. The van der Waals surface area contributed by atoms with Gasteiger partial charge < -0.3 is 27.0 Å². The van der Waals surface area contributed by atoms with Gasteiger partial charge in [-0.05, 0) is 29.7 Å². The normalized spacial score (nSPS) is 10.1. The Bertz CT molecular complexity index is 829. The molecule has 130 valence electrons. The summed E-state index contributed by atoms with van der Waals surface area (Å²) in [4.78, 5) is 25.6. The second-order valence-electron chi connectivity index (χ2n) is 5.24. The van der Waals surface area contributed by atoms with E-state index in [9.17, 15) is 14.7 Å². The number of phenols is 1. The summed E-state index contributed by atoms with van der Waals surface area (Å²) in [5, 5.41) is 21.8. The molecular formula is C17H18N4O4. The van der Waals surface area contributed by atoms with Crippen molar-refractivity contribution in [2.75, 3.05) is 5.32 Å². The van der Waals surface area contributed by atoms with Crippen molar-refractivity contribution in [2.45, 2.75) is 12.8 Å². The van der Waals surface area contributed by atoms with Crippen LogP contribution in [0.5, 0.6) is 5.75 Å². The standard InChI is InChI=1S/C17H18N4O4/c18-17(19)21-12-3-1-2-11(8-12)13-6-4-10(5-7-14(23)24)15(16(13)25)20-9-22/h1-4,6,8-9,25H,5,7H2,(H,20,22)(H,23,24)(H4,18,19,21). The van der Waals surface area contributed by atoms with Gasteiger partial charge in [0.05, 0.1) is 11.4 Å². The summed E-state index contributed by atoms with van der Waals surface area (Å²) < 4.78 is 0. The number of rotatable bonds is 7. The number of carboxylic acids is 1. The van der Waals surface area contributed by atoms with E-state index in [1.807, 2.05) is 0 Å². The molecule has 2 rings (SSSR count). The van der Waals surface area contributed by atoms with Crippen molar-refractivity contribution < 1.29 is 19.8 Å². The number of aryl methyl sites for hydroxylation is 1. The fraction of sp³-hybridized carbons (Fsp3) is 0.118. The van der Waals surface area contributed by atoms with E-state index in [2.05, 4.69) is 10.3 Å². The molecular weight excluding hydrogens is 324 g/mol. The maximum absolute atomic E-state index is 10.9. The van der Waals surface area contributed by atoms with Crippen LogP contribution in [-0.4, -0.2) is 28.6 Å². The van der Waals surface area contributed by atoms with E-state index in [1.165, 1.54) is 0 Å². The van der Waals surface area contributed by atoms with Crippen LogP contribution < -0.4 is 16.8 Å². The summed E-state index contributed by atoms with van der Waals surface area (Å²) in [6, 6.07) is 10.2. The Labute approximate surface area is 143 Å². The van der Waals surface area contributed by atoms with Gasteiger partial charge >= 0.3 is 5.97 Å². The summed E-state index contributed by atoms with van der Waals surface area (Å²) in [7, 11) is 0. The number of nitrogens with two attached hydrogens (primary N) is 2. The first-order valence-electron chi connectivity index (χ1n) is 7.39. The van der Waals surface area contributed by atoms with Crippen molar-refractivity contribution in [3.8, 4) is 16.9 Å². The molecule has 0 aliphatic rings. The SMILES string of the molecule is NC(N)=Nc1cccc(-c2ccc(CCC(=O)O)c(NC=O)c2O)c1. The molecule has 0 aliphatic heterocycles. The number of amides is 1. The molecule has 0 fully saturated rings. The molecule has 8 nitrogen and oxygen atoms in total. The van der Waals surface area contributed by atoms with Gasteiger partial charge in [-0.15, -0.1) is 0 Å². The second-order valence-corrected chi connectivity index (χ2v) is 5.24. The number of hydrogen-bond acceptors (Lipinski definition) is 4. The van der Waals surface area contributed by atoms with Crippen LogP contribution >= 0.6 is 0 Å². The van der Waals surface area contributed by atoms with Crippen molar-refractivity contribution in [3.63, 3.8) is 0 Å². The van der Waals surface area contributed by atoms with Gasteiger partial charge in [0.2, 0.25) is 6.41 Å². The fourth-order valence-electron chi connectivity index (χ4n) is 2.43. The van der Waals surface area contributed by atoms with Crippen LogP contribution in [0.2, 0.25) is 0 Å². The third-order valence-electron chi connectivity index (χ3n) is 3.49. The summed E-state index contributed by atoms with van der Waals surface area (Å²) in [5.74, 6) is -1.21. The van der Waals surface area contributed by atoms with E-state index in [1.54, 1.807) is 36.4 Å². The van der Waals surface area contributed by atoms with E-state index >= 15 is 0 Å². The number of carbonyl (C=O) groups excluding carboxylic acids is 1. The van der Waals surface area contributed by atoms with E-state index in [0.29, 0.717) is 28.8 Å². The summed E-state index contributed by atoms with van der Waals surface area (Å²) in [6.45, 7) is 0. The first-order valence-corrected chi connectivity index (χ1v) is 7.39. The van der Waals surface area contributed by atoms with Crippen molar-refractivity contribution in [2.24, 2.45) is 16.5 Å². The number of phenolic OH excluding ortho intramolecular Hbond substituents is 1. The lowest BCUT2D eigenvalue weighted by atomic mass is 9.98. The molecule has 0 unspecified atom stereocenters. The van der Waals surface area contributed by atoms with E-state index < -0.39 is 5.97 Å². The molecule has 0 aromatic heterocycles. The summed E-state index contributed by atoms with van der Waals surface area (Å²) in [6.07, 6.45) is 0.485. The minimum Gasteiger partial charge on any atom is -0.505 e. The van der Waals surface area contributed by atoms with Crippen LogP contribution in [0.15, 0.2) is 41.4 Å². The number of guanidine groups is 1. The molecule has 2 aromatic carbocycles. The monoisotopic (exact) mass is 342 g/mol. The lowest BCUT2D eigenvalue weighted by Gasteiger charge is -2.14. The van der Waals surface area contributed by atoms with Crippen molar-refractivity contribution in [1.82, 2.24) is 0 Å². The minimum atomic E-state index is -0.967. The molecule has 0 saturated carbocycles. The lowest BCUT2D eigenvalue weighted by Crippen LogP contribution is -2.21. The number of hydrogen-bond donors (Lipinski definition) is 5. The first-order chi connectivity index (χ1) is 11.9. The molecule has 0 spiro atoms. The Balaban J connectivity index is 2.48. The third-order valence-corrected chi connectivity index (χ3v) is 3.49. The average molecular weight is 342 g/mol. The average Bonchev–Trinajstić information content (AvgIpc) is 2.55. The van der Waals surface area contributed by atoms with Gasteiger partial charge in [-0.2, -0.15) is 0 Å². The van der Waals surface area contributed by atoms with E-state index in [4.69, 9.17) is 16.6 Å². The fourth-order valence-corrected chi connectivity index (χ4v) is 2.43. The Morgan fingerprint density at radius 3 is 2.64 bits per heavy atom. The van der Waals surface area contributed by atoms with Gasteiger partial charge in [0, 0.05) is 12.0 Å². The predicted molar refractivity (Wildman–Crippen MR) is 94.7 cm³/mol. The molecule has 8 heteroatoms. The molecule has 25 heavy (non-hydrogen) atoms. The Morgan fingerprint density at radius 1 is 1.24 bits per heavy atom. The second kappa shape index (κ2) is 7.82. The predicted octanol–water partition coefficient (Wildman–Crippen LogP) is 1.55. The molecule has 0 radical (unpaired) electrons. The first kappa shape index (κ1) is 17.8. The number of benzene rings is 2. The number of nitrogens with zero attached hydrogens (tertiary/aromatic N) is 1. The van der Waals surface area contributed by atoms with Crippen molar-refractivity contribution >= 4 is 29.7 Å². The summed E-state index contributed by atoms with van der Waals surface area (Å²) >= 11 is 0. The topological polar surface area (TPSA) is 151 Å². The number of aromatic hydroxyl groups is 1. The highest BCUT2D eigenvalue weighted by Crippen LogP contribution is 2.39. The van der Waals surface area contributed by atoms with E-state index in [-0.39, 0.29) is 30.2 Å². The van der Waals surface area contributed by atoms with Gasteiger partial charge in [-0.3, -0.25) is 9.59 Å². The lowest BCUT2D eigenvalue weighted by molar-refractivity contribution is -0.136. The Hall–Kier alpha value is -3.55. The number of carbonyl (C=O) groups is 2. The highest BCUT2D eigenvalue weighted by molar-refractivity contribution is 5.87. The van der Waals surface area contributed by atoms with Crippen LogP contribution in [0.1, 0.15) is 12.0 Å². The number of anilines is 1. The minimum absolute atomic E-state index is 0.0892. The smallest absolute Gasteiger partial charge is 0.303 e. The molecule has 2 aromatic rings. The van der Waals surface area contributed by atoms with Gasteiger partial charge in [0.1, 0.15) is 5.75 Å². The van der Waals surface area contributed by atoms with Crippen LogP contribution in [0, 0.1) is 0 Å². The van der Waals surface area contributed by atoms with Crippen LogP contribution in [0.4, 0.5) is 11.4 Å². The number of aliphatic carboxylic acids is 1. The molecule has 1 amide bonds. The maximum atomic E-state index is 10.9. The van der Waals surface area contributed by atoms with Gasteiger partial charge in [-0.1, -0.05) is 24.3 Å². The zero-order chi connectivity index (χ0) is 18.4. The molecule has 0 bridgehead atoms. The number of nitrogens with one attached hydrogen (secondary N) is 1. The zero-order valence-electron chi connectivity index (χ0n) is 13.3. The quantitative estimate of drug-likeness (QED) is 0.223. The van der Waals surface area contributed by atoms with Gasteiger partial charge in [0.25, 0.3) is 0 Å². The summed E-state index contributed by atoms with van der Waals surface area (Å²) in [5.41, 5.74) is 13.0. The third kappa shape index (κ3) is 4.47. The Kier molecular flexibility index (Phi) is 5.57. The largest absolute Gasteiger partial charge is 0.505 e. The van der Waals surface area contributed by atoms with Gasteiger partial charge in [0.15, 0.2) is 5.96 Å². The van der Waals surface area contributed by atoms with Crippen molar-refractivity contribution in [1.29, 1.82) is 0 Å². The molecule has 7 N–H and O–H groups in total. The van der Waals surface area contributed by atoms with Crippen molar-refractivity contribution in [3.05, 3.63) is 42.0 Å². The van der Waals surface area contributed by atoms with Crippen LogP contribution in [0.3, 0.4) is 0 Å². The van der Waals surface area contributed by atoms with Crippen LogP contribution in [0.25, 0.3) is 11.1 Å². The molecule has 0 aliphatic carbocycles. The molecule has 0 heterocycles. The maximum Gasteiger partial charge on any atom is 0.303 e. The van der Waals surface area contributed by atoms with E-state index in [0.717, 1.165) is 0 Å². The molecule has 0 saturated heterocycles. The molecule has 0 atom stereocenters.